The van der Waals surface area contributed by atoms with Gasteiger partial charge in [0.2, 0.25) is 0 Å². The summed E-state index contributed by atoms with van der Waals surface area (Å²) in [5, 5.41) is 0. The molecule has 0 aliphatic heterocycles. The molecule has 3 atom stereocenters. The van der Waals surface area contributed by atoms with Crippen LogP contribution in [0, 0.1) is 11.7 Å². The molecule has 1 aliphatic carbocycles. The van der Waals surface area contributed by atoms with E-state index < -0.39 is 0 Å². The summed E-state index contributed by atoms with van der Waals surface area (Å²) >= 11 is 3.28. The number of benzene rings is 2. The van der Waals surface area contributed by atoms with E-state index in [0.717, 1.165) is 10.9 Å². The van der Waals surface area contributed by atoms with Crippen LogP contribution in [0.25, 0.3) is 0 Å². The molecule has 0 spiro atoms. The summed E-state index contributed by atoms with van der Waals surface area (Å²) in [5.41, 5.74) is 4.72. The minimum absolute atomic E-state index is 0.145. The third-order valence-electron chi connectivity index (χ3n) is 3.97. The predicted octanol–water partition coefficient (Wildman–Crippen LogP) is 3.90. The normalized spacial score (nSPS) is 22.6. The summed E-state index contributed by atoms with van der Waals surface area (Å²) in [6.45, 7) is 0. The number of nitrogens with one attached hydrogen (secondary N) is 1. The monoisotopic (exact) mass is 334 g/mol. The van der Waals surface area contributed by atoms with Crippen molar-refractivity contribution in [3.8, 4) is 0 Å². The van der Waals surface area contributed by atoms with E-state index in [1.807, 2.05) is 24.3 Å². The summed E-state index contributed by atoms with van der Waals surface area (Å²) < 4.78 is 14.8. The van der Waals surface area contributed by atoms with E-state index in [9.17, 15) is 4.39 Å². The van der Waals surface area contributed by atoms with Crippen LogP contribution in [0.4, 0.5) is 4.39 Å². The van der Waals surface area contributed by atoms with Gasteiger partial charge >= 0.3 is 0 Å². The maximum absolute atomic E-state index is 14.1. The maximum Gasteiger partial charge on any atom is 0.129 e. The molecule has 3 rings (SSSR count). The first kappa shape index (κ1) is 13.7. The lowest BCUT2D eigenvalue weighted by atomic mass is 9.99. The molecule has 0 saturated heterocycles. The quantitative estimate of drug-likeness (QED) is 0.657. The van der Waals surface area contributed by atoms with E-state index in [0.29, 0.717) is 17.4 Å². The number of hydrogen-bond acceptors (Lipinski definition) is 2. The van der Waals surface area contributed by atoms with Gasteiger partial charge in [-0.2, -0.15) is 0 Å². The molecule has 104 valence electrons. The minimum Gasteiger partial charge on any atom is -0.271 e. The van der Waals surface area contributed by atoms with Gasteiger partial charge in [0.15, 0.2) is 0 Å². The summed E-state index contributed by atoms with van der Waals surface area (Å²) in [4.78, 5) is 0. The first-order chi connectivity index (χ1) is 9.70. The molecule has 20 heavy (non-hydrogen) atoms. The zero-order chi connectivity index (χ0) is 14.1. The van der Waals surface area contributed by atoms with Crippen molar-refractivity contribution in [3.63, 3.8) is 0 Å². The Morgan fingerprint density at radius 3 is 2.60 bits per heavy atom. The van der Waals surface area contributed by atoms with Gasteiger partial charge in [0.1, 0.15) is 5.82 Å². The van der Waals surface area contributed by atoms with Crippen molar-refractivity contribution < 1.29 is 4.39 Å². The summed E-state index contributed by atoms with van der Waals surface area (Å²) in [5.74, 6) is 6.25. The molecule has 0 heterocycles. The maximum atomic E-state index is 14.1. The van der Waals surface area contributed by atoms with E-state index in [4.69, 9.17) is 5.84 Å². The number of hydrazine groups is 1. The third-order valence-corrected chi connectivity index (χ3v) is 4.47. The molecule has 2 aromatic carbocycles. The van der Waals surface area contributed by atoms with E-state index in [1.165, 1.54) is 11.6 Å². The SMILES string of the molecule is NNC(c1ccc(Br)cc1F)C1CC1c1ccccc1. The lowest BCUT2D eigenvalue weighted by molar-refractivity contribution is 0.461. The van der Waals surface area contributed by atoms with Crippen LogP contribution in [0.3, 0.4) is 0 Å². The number of nitrogens with two attached hydrogens (primary N) is 1. The molecular weight excluding hydrogens is 319 g/mol. The van der Waals surface area contributed by atoms with Crippen LogP contribution in [0.2, 0.25) is 0 Å². The average Bonchev–Trinajstić information content (AvgIpc) is 3.23. The first-order valence-corrected chi connectivity index (χ1v) is 7.46. The van der Waals surface area contributed by atoms with E-state index in [1.54, 1.807) is 6.07 Å². The molecule has 1 saturated carbocycles. The van der Waals surface area contributed by atoms with Crippen molar-refractivity contribution in [2.24, 2.45) is 11.8 Å². The van der Waals surface area contributed by atoms with Crippen molar-refractivity contribution in [2.45, 2.75) is 18.4 Å². The topological polar surface area (TPSA) is 38.0 Å². The standard InChI is InChI=1S/C16H16BrFN2/c17-11-6-7-12(15(18)8-11)16(20-19)14-9-13(14)10-4-2-1-3-5-10/h1-8,13-14,16,20H,9,19H2. The Labute approximate surface area is 126 Å². The Morgan fingerprint density at radius 1 is 1.20 bits per heavy atom. The highest BCUT2D eigenvalue weighted by Crippen LogP contribution is 2.54. The number of halogens is 2. The van der Waals surface area contributed by atoms with Gasteiger partial charge in [0.05, 0.1) is 6.04 Å². The number of rotatable bonds is 4. The summed E-state index contributed by atoms with van der Waals surface area (Å²) in [6.07, 6.45) is 1.04. The fourth-order valence-corrected chi connectivity index (χ4v) is 3.20. The molecule has 3 N–H and O–H groups in total. The molecular formula is C16H16BrFN2. The Bertz CT molecular complexity index is 603. The highest BCUT2D eigenvalue weighted by molar-refractivity contribution is 9.10. The van der Waals surface area contributed by atoms with Crippen molar-refractivity contribution >= 4 is 15.9 Å². The molecule has 0 bridgehead atoms. The van der Waals surface area contributed by atoms with Gasteiger partial charge in [0.25, 0.3) is 0 Å². The summed E-state index contributed by atoms with van der Waals surface area (Å²) in [6, 6.07) is 15.3. The van der Waals surface area contributed by atoms with Crippen molar-refractivity contribution in [3.05, 3.63) is 69.9 Å². The first-order valence-electron chi connectivity index (χ1n) is 6.66. The fraction of sp³-hybridized carbons (Fsp3) is 0.250. The van der Waals surface area contributed by atoms with E-state index >= 15 is 0 Å². The second kappa shape index (κ2) is 5.64. The Balaban J connectivity index is 1.82. The van der Waals surface area contributed by atoms with Gasteiger partial charge in [0, 0.05) is 10.0 Å². The molecule has 0 radical (unpaired) electrons. The molecule has 2 nitrogen and oxygen atoms in total. The van der Waals surface area contributed by atoms with Gasteiger partial charge in [-0.15, -0.1) is 0 Å². The average molecular weight is 335 g/mol. The van der Waals surface area contributed by atoms with Crippen LogP contribution in [-0.4, -0.2) is 0 Å². The lowest BCUT2D eigenvalue weighted by Gasteiger charge is -2.17. The molecule has 4 heteroatoms. The molecule has 3 unspecified atom stereocenters. The second-order valence-corrected chi connectivity index (χ2v) is 6.14. The smallest absolute Gasteiger partial charge is 0.129 e. The minimum atomic E-state index is -0.221. The predicted molar refractivity (Wildman–Crippen MR) is 81.5 cm³/mol. The number of hydrogen-bond donors (Lipinski definition) is 2. The van der Waals surface area contributed by atoms with Crippen LogP contribution in [0.1, 0.15) is 29.5 Å². The van der Waals surface area contributed by atoms with Gasteiger partial charge in [-0.25, -0.2) is 4.39 Å². The van der Waals surface area contributed by atoms with E-state index in [2.05, 4.69) is 33.5 Å². The molecule has 0 amide bonds. The molecule has 0 aromatic heterocycles. The van der Waals surface area contributed by atoms with Crippen LogP contribution in [-0.2, 0) is 0 Å². The van der Waals surface area contributed by atoms with Gasteiger partial charge in [-0.3, -0.25) is 11.3 Å². The van der Waals surface area contributed by atoms with Crippen molar-refractivity contribution in [2.75, 3.05) is 0 Å². The second-order valence-electron chi connectivity index (χ2n) is 5.23. The van der Waals surface area contributed by atoms with Crippen LogP contribution < -0.4 is 11.3 Å². The molecule has 1 aliphatic rings. The van der Waals surface area contributed by atoms with Crippen LogP contribution in [0.5, 0.6) is 0 Å². The summed E-state index contributed by atoms with van der Waals surface area (Å²) in [7, 11) is 0. The molecule has 1 fully saturated rings. The van der Waals surface area contributed by atoms with Gasteiger partial charge in [-0.1, -0.05) is 52.3 Å². The van der Waals surface area contributed by atoms with Crippen LogP contribution in [0.15, 0.2) is 53.0 Å². The zero-order valence-electron chi connectivity index (χ0n) is 10.9. The Kier molecular flexibility index (Phi) is 3.87. The van der Waals surface area contributed by atoms with Gasteiger partial charge < -0.3 is 0 Å². The third kappa shape index (κ3) is 2.64. The Hall–Kier alpha value is -1.23. The van der Waals surface area contributed by atoms with Crippen molar-refractivity contribution in [1.82, 2.24) is 5.43 Å². The molecule has 2 aromatic rings. The highest BCUT2D eigenvalue weighted by Gasteiger charge is 2.44. The van der Waals surface area contributed by atoms with Gasteiger partial charge in [-0.05, 0) is 36.0 Å². The van der Waals surface area contributed by atoms with E-state index in [-0.39, 0.29) is 11.9 Å². The fourth-order valence-electron chi connectivity index (χ4n) is 2.86. The largest absolute Gasteiger partial charge is 0.271 e. The highest BCUT2D eigenvalue weighted by atomic mass is 79.9. The zero-order valence-corrected chi connectivity index (χ0v) is 12.5. The van der Waals surface area contributed by atoms with Crippen LogP contribution >= 0.6 is 15.9 Å². The van der Waals surface area contributed by atoms with Crippen molar-refractivity contribution in [1.29, 1.82) is 0 Å². The lowest BCUT2D eigenvalue weighted by Crippen LogP contribution is -2.30. The Morgan fingerprint density at radius 2 is 1.95 bits per heavy atom.